The number of fused-ring (bicyclic) bond motifs is 1. The molecule has 2 heterocycles. The van der Waals surface area contributed by atoms with Crippen LogP contribution in [0.3, 0.4) is 0 Å². The molecule has 0 saturated carbocycles. The molecule has 0 radical (unpaired) electrons. The first kappa shape index (κ1) is 23.2. The number of imide groups is 1. The molecule has 2 aliphatic rings. The van der Waals surface area contributed by atoms with Crippen LogP contribution in [0.5, 0.6) is 17.2 Å². The molecule has 0 spiro atoms. The number of rotatable bonds is 6. The van der Waals surface area contributed by atoms with Gasteiger partial charge in [-0.3, -0.25) is 14.4 Å². The lowest BCUT2D eigenvalue weighted by molar-refractivity contribution is -0.126. The number of methoxy groups -OCH3 is 1. The summed E-state index contributed by atoms with van der Waals surface area (Å²) in [7, 11) is 1.45. The minimum absolute atomic E-state index is 0.0564. The lowest BCUT2D eigenvalue weighted by Crippen LogP contribution is -2.37. The maximum absolute atomic E-state index is 13.9. The number of phenolic OH excluding ortho intramolecular Hbond substituents is 1. The normalized spacial score (nSPS) is 21.4. The van der Waals surface area contributed by atoms with Crippen molar-refractivity contribution in [3.8, 4) is 17.2 Å². The van der Waals surface area contributed by atoms with Crippen LogP contribution >= 0.6 is 15.9 Å². The Morgan fingerprint density at radius 2 is 1.71 bits per heavy atom. The fourth-order valence-electron chi connectivity index (χ4n) is 4.63. The SMILES string of the molecule is CCOc1ccccc1N1C(=O)[C@H]2[C@@H](ON(c3ccccc3)[C@H]2c2cc(Br)c(O)c(OC)c2)C1=O. The van der Waals surface area contributed by atoms with Gasteiger partial charge in [0.25, 0.3) is 5.91 Å². The summed E-state index contributed by atoms with van der Waals surface area (Å²) in [6, 6.07) is 18.9. The van der Waals surface area contributed by atoms with Crippen LogP contribution in [0.1, 0.15) is 18.5 Å². The van der Waals surface area contributed by atoms with Crippen molar-refractivity contribution < 1.29 is 29.0 Å². The number of halogens is 1. The molecule has 180 valence electrons. The minimum Gasteiger partial charge on any atom is -0.503 e. The lowest BCUT2D eigenvalue weighted by atomic mass is 9.90. The van der Waals surface area contributed by atoms with E-state index in [2.05, 4.69) is 15.9 Å². The Balaban J connectivity index is 1.62. The van der Waals surface area contributed by atoms with E-state index in [4.69, 9.17) is 14.3 Å². The average Bonchev–Trinajstić information content (AvgIpc) is 3.38. The monoisotopic (exact) mass is 538 g/mol. The molecule has 3 aromatic rings. The number of para-hydroxylation sites is 3. The maximum atomic E-state index is 13.9. The number of hydrogen-bond donors (Lipinski definition) is 1. The second-order valence-corrected chi connectivity index (χ2v) is 8.98. The number of phenols is 1. The summed E-state index contributed by atoms with van der Waals surface area (Å²) >= 11 is 3.37. The van der Waals surface area contributed by atoms with E-state index in [0.717, 1.165) is 4.90 Å². The highest BCUT2D eigenvalue weighted by Gasteiger charge is 2.60. The number of hydrogen-bond acceptors (Lipinski definition) is 7. The van der Waals surface area contributed by atoms with Crippen LogP contribution in [-0.4, -0.2) is 36.7 Å². The van der Waals surface area contributed by atoms with E-state index in [0.29, 0.717) is 33.8 Å². The van der Waals surface area contributed by atoms with Crippen LogP contribution in [0, 0.1) is 5.92 Å². The molecule has 8 nitrogen and oxygen atoms in total. The molecule has 0 aliphatic carbocycles. The van der Waals surface area contributed by atoms with Gasteiger partial charge in [0.1, 0.15) is 11.7 Å². The second-order valence-electron chi connectivity index (χ2n) is 8.12. The van der Waals surface area contributed by atoms with Gasteiger partial charge >= 0.3 is 0 Å². The summed E-state index contributed by atoms with van der Waals surface area (Å²) in [4.78, 5) is 34.8. The Bertz CT molecular complexity index is 1280. The van der Waals surface area contributed by atoms with E-state index < -0.39 is 29.9 Å². The number of anilines is 2. The van der Waals surface area contributed by atoms with E-state index in [1.807, 2.05) is 37.3 Å². The van der Waals surface area contributed by atoms with Crippen LogP contribution in [0.15, 0.2) is 71.2 Å². The van der Waals surface area contributed by atoms with Crippen LogP contribution in [0.4, 0.5) is 11.4 Å². The molecule has 2 aliphatic heterocycles. The van der Waals surface area contributed by atoms with Crippen molar-refractivity contribution in [2.45, 2.75) is 19.1 Å². The van der Waals surface area contributed by atoms with E-state index >= 15 is 0 Å². The van der Waals surface area contributed by atoms with Crippen molar-refractivity contribution in [3.05, 3.63) is 76.8 Å². The Kier molecular flexibility index (Phi) is 6.12. The number of ether oxygens (including phenoxy) is 2. The van der Waals surface area contributed by atoms with Crippen LogP contribution in [0.2, 0.25) is 0 Å². The number of carbonyl (C=O) groups excluding carboxylic acids is 2. The minimum atomic E-state index is -1.03. The molecule has 35 heavy (non-hydrogen) atoms. The zero-order valence-electron chi connectivity index (χ0n) is 19.1. The van der Waals surface area contributed by atoms with Gasteiger partial charge in [-0.15, -0.1) is 0 Å². The highest BCUT2D eigenvalue weighted by molar-refractivity contribution is 9.10. The highest BCUT2D eigenvalue weighted by atomic mass is 79.9. The van der Waals surface area contributed by atoms with Crippen LogP contribution < -0.4 is 19.4 Å². The van der Waals surface area contributed by atoms with Gasteiger partial charge in [0.2, 0.25) is 5.91 Å². The number of aromatic hydroxyl groups is 1. The molecule has 2 fully saturated rings. The number of nitrogens with zero attached hydrogens (tertiary/aromatic N) is 2. The molecule has 9 heteroatoms. The number of carbonyl (C=O) groups is 2. The van der Waals surface area contributed by atoms with E-state index in [9.17, 15) is 14.7 Å². The fourth-order valence-corrected chi connectivity index (χ4v) is 5.09. The fraction of sp³-hybridized carbons (Fsp3) is 0.231. The van der Waals surface area contributed by atoms with E-state index in [1.165, 1.54) is 7.11 Å². The predicted molar refractivity (Wildman–Crippen MR) is 132 cm³/mol. The molecule has 1 N–H and O–H groups in total. The molecule has 5 rings (SSSR count). The Morgan fingerprint density at radius 3 is 2.43 bits per heavy atom. The molecule has 0 unspecified atom stereocenters. The molecule has 3 atom stereocenters. The van der Waals surface area contributed by atoms with Gasteiger partial charge in [-0.1, -0.05) is 30.3 Å². The number of hydroxylamine groups is 1. The van der Waals surface area contributed by atoms with Gasteiger partial charge < -0.3 is 14.6 Å². The Hall–Kier alpha value is -3.56. The summed E-state index contributed by atoms with van der Waals surface area (Å²) < 4.78 is 11.4. The number of amides is 2. The largest absolute Gasteiger partial charge is 0.503 e. The second kappa shape index (κ2) is 9.24. The molecule has 0 aromatic heterocycles. The van der Waals surface area contributed by atoms with Gasteiger partial charge in [0.15, 0.2) is 17.6 Å². The zero-order valence-corrected chi connectivity index (χ0v) is 20.6. The van der Waals surface area contributed by atoms with Crippen molar-refractivity contribution >= 4 is 39.1 Å². The molecule has 2 saturated heterocycles. The molecular formula is C26H23BrN2O6. The molecule has 0 bridgehead atoms. The zero-order chi connectivity index (χ0) is 24.7. The molecular weight excluding hydrogens is 516 g/mol. The summed E-state index contributed by atoms with van der Waals surface area (Å²) in [6.07, 6.45) is -1.03. The predicted octanol–water partition coefficient (Wildman–Crippen LogP) is 4.61. The van der Waals surface area contributed by atoms with Gasteiger partial charge in [-0.25, -0.2) is 9.96 Å². The quantitative estimate of drug-likeness (QED) is 0.458. The Morgan fingerprint density at radius 1 is 1.00 bits per heavy atom. The first-order chi connectivity index (χ1) is 17.0. The van der Waals surface area contributed by atoms with E-state index in [-0.39, 0.29) is 11.5 Å². The lowest BCUT2D eigenvalue weighted by Gasteiger charge is -2.29. The highest BCUT2D eigenvalue weighted by Crippen LogP contribution is 2.50. The molecule has 3 aromatic carbocycles. The standard InChI is InChI=1S/C26H23BrN2O6/c1-3-34-19-12-8-7-11-18(19)28-25(31)21-22(15-13-17(27)23(30)20(14-15)33-2)29(35-24(21)26(28)32)16-9-5-4-6-10-16/h4-14,21-22,24,30H,3H2,1-2H3/t21-,22+,24-/m1/s1. The van der Waals surface area contributed by atoms with Crippen molar-refractivity contribution in [2.75, 3.05) is 23.7 Å². The third kappa shape index (κ3) is 3.81. The smallest absolute Gasteiger partial charge is 0.266 e. The third-order valence-electron chi connectivity index (χ3n) is 6.14. The van der Waals surface area contributed by atoms with Gasteiger partial charge in [0.05, 0.1) is 35.6 Å². The summed E-state index contributed by atoms with van der Waals surface area (Å²) in [5, 5.41) is 11.9. The third-order valence-corrected chi connectivity index (χ3v) is 6.75. The summed E-state index contributed by atoms with van der Waals surface area (Å²) in [6.45, 7) is 2.23. The van der Waals surface area contributed by atoms with Gasteiger partial charge in [-0.05, 0) is 64.8 Å². The van der Waals surface area contributed by atoms with Crippen LogP contribution in [0.25, 0.3) is 0 Å². The van der Waals surface area contributed by atoms with Crippen molar-refractivity contribution in [1.29, 1.82) is 0 Å². The summed E-state index contributed by atoms with van der Waals surface area (Å²) in [5.74, 6) is -1.06. The number of benzene rings is 3. The maximum Gasteiger partial charge on any atom is 0.266 e. The van der Waals surface area contributed by atoms with Crippen molar-refractivity contribution in [1.82, 2.24) is 0 Å². The first-order valence-corrected chi connectivity index (χ1v) is 11.9. The molecule has 2 amide bonds. The van der Waals surface area contributed by atoms with Crippen molar-refractivity contribution in [3.63, 3.8) is 0 Å². The van der Waals surface area contributed by atoms with Crippen molar-refractivity contribution in [2.24, 2.45) is 5.92 Å². The summed E-state index contributed by atoms with van der Waals surface area (Å²) in [5.41, 5.74) is 1.72. The topological polar surface area (TPSA) is 88.5 Å². The van der Waals surface area contributed by atoms with Crippen LogP contribution in [-0.2, 0) is 14.4 Å². The first-order valence-electron chi connectivity index (χ1n) is 11.1. The Labute approximate surface area is 210 Å². The van der Waals surface area contributed by atoms with Gasteiger partial charge in [-0.2, -0.15) is 0 Å². The van der Waals surface area contributed by atoms with E-state index in [1.54, 1.807) is 41.5 Å². The average molecular weight is 539 g/mol. The van der Waals surface area contributed by atoms with Gasteiger partial charge in [0, 0.05) is 0 Å².